The first kappa shape index (κ1) is 18.3. The Kier molecular flexibility index (Phi) is 5.78. The van der Waals surface area contributed by atoms with Crippen molar-refractivity contribution >= 4 is 17.7 Å². The van der Waals surface area contributed by atoms with Crippen molar-refractivity contribution in [3.8, 4) is 11.6 Å². The predicted molar refractivity (Wildman–Crippen MR) is 102 cm³/mol. The van der Waals surface area contributed by atoms with E-state index in [0.717, 1.165) is 5.56 Å². The molecule has 0 saturated heterocycles. The monoisotopic (exact) mass is 370 g/mol. The molecule has 136 valence electrons. The van der Waals surface area contributed by atoms with Crippen LogP contribution in [0.1, 0.15) is 24.7 Å². The highest BCUT2D eigenvalue weighted by atomic mass is 32.2. The average molecular weight is 370 g/mol. The lowest BCUT2D eigenvalue weighted by Gasteiger charge is -2.24. The molecule has 0 bridgehead atoms. The number of carbonyl (C=O) groups excluding carboxylic acids is 1. The Morgan fingerprint density at radius 2 is 1.88 bits per heavy atom. The minimum absolute atomic E-state index is 0.0775. The molecule has 0 aliphatic rings. The predicted octanol–water partition coefficient (Wildman–Crippen LogP) is 3.78. The molecular weight excluding hydrogens is 348 g/mol. The number of hydrogen-bond acceptors (Lipinski definition) is 5. The second-order valence-corrected chi connectivity index (χ2v) is 6.83. The summed E-state index contributed by atoms with van der Waals surface area (Å²) < 4.78 is 7.27. The molecule has 2 aromatic heterocycles. The van der Waals surface area contributed by atoms with Crippen LogP contribution in [0.15, 0.2) is 58.3 Å². The van der Waals surface area contributed by atoms with Gasteiger partial charge in [0.05, 0.1) is 6.26 Å². The first-order valence-electron chi connectivity index (χ1n) is 8.59. The number of furan rings is 1. The molecule has 1 unspecified atom stereocenters. The highest BCUT2D eigenvalue weighted by Gasteiger charge is 2.28. The third kappa shape index (κ3) is 3.67. The molecule has 0 fully saturated rings. The summed E-state index contributed by atoms with van der Waals surface area (Å²) in [6.07, 6.45) is 1.60. The van der Waals surface area contributed by atoms with Gasteiger partial charge in [-0.1, -0.05) is 42.1 Å². The van der Waals surface area contributed by atoms with Gasteiger partial charge in [0, 0.05) is 20.1 Å². The van der Waals surface area contributed by atoms with E-state index in [4.69, 9.17) is 4.42 Å². The van der Waals surface area contributed by atoms with Gasteiger partial charge in [-0.2, -0.15) is 0 Å². The SMILES string of the molecule is CCN(CC)C(=O)C(Sc1nnc(-c2ccco2)n1C)c1ccccc1. The Morgan fingerprint density at radius 3 is 2.50 bits per heavy atom. The summed E-state index contributed by atoms with van der Waals surface area (Å²) in [4.78, 5) is 14.9. The van der Waals surface area contributed by atoms with Crippen LogP contribution in [0, 0.1) is 0 Å². The van der Waals surface area contributed by atoms with Crippen molar-refractivity contribution < 1.29 is 9.21 Å². The normalized spacial score (nSPS) is 12.1. The van der Waals surface area contributed by atoms with Crippen molar-refractivity contribution in [1.82, 2.24) is 19.7 Å². The quantitative estimate of drug-likeness (QED) is 0.592. The molecule has 1 amide bonds. The van der Waals surface area contributed by atoms with E-state index in [-0.39, 0.29) is 11.2 Å². The Balaban J connectivity index is 1.93. The van der Waals surface area contributed by atoms with E-state index in [0.29, 0.717) is 29.8 Å². The smallest absolute Gasteiger partial charge is 0.240 e. The fourth-order valence-electron chi connectivity index (χ4n) is 2.73. The summed E-state index contributed by atoms with van der Waals surface area (Å²) in [6, 6.07) is 13.4. The van der Waals surface area contributed by atoms with E-state index in [1.807, 2.05) is 72.8 Å². The van der Waals surface area contributed by atoms with Crippen molar-refractivity contribution in [3.63, 3.8) is 0 Å². The Bertz CT molecular complexity index is 842. The van der Waals surface area contributed by atoms with Crippen LogP contribution in [0.2, 0.25) is 0 Å². The van der Waals surface area contributed by atoms with Crippen LogP contribution < -0.4 is 0 Å². The van der Waals surface area contributed by atoms with Gasteiger partial charge in [0.2, 0.25) is 5.91 Å². The molecule has 7 heteroatoms. The highest BCUT2D eigenvalue weighted by Crippen LogP contribution is 2.36. The number of likely N-dealkylation sites (N-methyl/N-ethyl adjacent to an activating group) is 1. The van der Waals surface area contributed by atoms with Crippen LogP contribution in [-0.4, -0.2) is 38.7 Å². The number of hydrogen-bond donors (Lipinski definition) is 0. The maximum atomic E-state index is 13.1. The first-order valence-corrected chi connectivity index (χ1v) is 9.47. The Hall–Kier alpha value is -2.54. The number of rotatable bonds is 7. The lowest BCUT2D eigenvalue weighted by molar-refractivity contribution is -0.130. The molecule has 3 rings (SSSR count). The summed E-state index contributed by atoms with van der Waals surface area (Å²) >= 11 is 1.41. The van der Waals surface area contributed by atoms with E-state index in [1.54, 1.807) is 6.26 Å². The van der Waals surface area contributed by atoms with E-state index >= 15 is 0 Å². The Labute approximate surface area is 157 Å². The lowest BCUT2D eigenvalue weighted by atomic mass is 10.1. The molecule has 26 heavy (non-hydrogen) atoms. The number of amides is 1. The maximum Gasteiger partial charge on any atom is 0.240 e. The van der Waals surface area contributed by atoms with Crippen molar-refractivity contribution in [2.24, 2.45) is 7.05 Å². The summed E-state index contributed by atoms with van der Waals surface area (Å²) in [6.45, 7) is 5.34. The summed E-state index contributed by atoms with van der Waals surface area (Å²) in [5.41, 5.74) is 0.956. The van der Waals surface area contributed by atoms with Gasteiger partial charge in [-0.15, -0.1) is 10.2 Å². The zero-order valence-corrected chi connectivity index (χ0v) is 15.9. The van der Waals surface area contributed by atoms with Crippen LogP contribution in [0.25, 0.3) is 11.6 Å². The molecule has 1 atom stereocenters. The topological polar surface area (TPSA) is 64.2 Å². The standard InChI is InChI=1S/C19H22N4O2S/c1-4-23(5-2)18(24)16(14-10-7-6-8-11-14)26-19-21-20-17(22(19)3)15-12-9-13-25-15/h6-13,16H,4-5H2,1-3H3. The zero-order chi connectivity index (χ0) is 18.5. The van der Waals surface area contributed by atoms with Crippen LogP contribution in [0.4, 0.5) is 0 Å². The molecule has 0 radical (unpaired) electrons. The van der Waals surface area contributed by atoms with Crippen molar-refractivity contribution in [2.75, 3.05) is 13.1 Å². The Morgan fingerprint density at radius 1 is 1.15 bits per heavy atom. The maximum absolute atomic E-state index is 13.1. The van der Waals surface area contributed by atoms with Crippen LogP contribution >= 0.6 is 11.8 Å². The lowest BCUT2D eigenvalue weighted by Crippen LogP contribution is -2.34. The summed E-state index contributed by atoms with van der Waals surface area (Å²) in [5.74, 6) is 1.37. The molecule has 0 N–H and O–H groups in total. The van der Waals surface area contributed by atoms with Crippen LogP contribution in [-0.2, 0) is 11.8 Å². The minimum Gasteiger partial charge on any atom is -0.461 e. The van der Waals surface area contributed by atoms with Crippen molar-refractivity contribution in [3.05, 3.63) is 54.3 Å². The van der Waals surface area contributed by atoms with Gasteiger partial charge >= 0.3 is 0 Å². The molecule has 0 aliphatic carbocycles. The summed E-state index contributed by atoms with van der Waals surface area (Å²) in [7, 11) is 1.88. The number of nitrogens with zero attached hydrogens (tertiary/aromatic N) is 4. The van der Waals surface area contributed by atoms with Gasteiger partial charge in [0.25, 0.3) is 0 Å². The van der Waals surface area contributed by atoms with Gasteiger partial charge in [-0.3, -0.25) is 4.79 Å². The van der Waals surface area contributed by atoms with E-state index in [2.05, 4.69) is 10.2 Å². The second kappa shape index (κ2) is 8.23. The number of carbonyl (C=O) groups is 1. The van der Waals surface area contributed by atoms with Crippen LogP contribution in [0.5, 0.6) is 0 Å². The number of thioether (sulfide) groups is 1. The molecule has 1 aromatic carbocycles. The van der Waals surface area contributed by atoms with Crippen molar-refractivity contribution in [2.45, 2.75) is 24.3 Å². The molecule has 3 aromatic rings. The largest absolute Gasteiger partial charge is 0.461 e. The third-order valence-electron chi connectivity index (χ3n) is 4.20. The third-order valence-corrected chi connectivity index (χ3v) is 5.48. The fourth-order valence-corrected chi connectivity index (χ4v) is 3.82. The molecule has 0 aliphatic heterocycles. The highest BCUT2D eigenvalue weighted by molar-refractivity contribution is 8.00. The van der Waals surface area contributed by atoms with Gasteiger partial charge in [0.1, 0.15) is 5.25 Å². The zero-order valence-electron chi connectivity index (χ0n) is 15.1. The minimum atomic E-state index is -0.372. The molecular formula is C19H22N4O2S. The van der Waals surface area contributed by atoms with Gasteiger partial charge in [-0.05, 0) is 31.5 Å². The summed E-state index contributed by atoms with van der Waals surface area (Å²) in [5, 5.41) is 8.80. The molecule has 2 heterocycles. The fraction of sp³-hybridized carbons (Fsp3) is 0.316. The number of aromatic nitrogens is 3. The molecule has 0 saturated carbocycles. The molecule has 0 spiro atoms. The van der Waals surface area contributed by atoms with Gasteiger partial charge in [0.15, 0.2) is 16.7 Å². The van der Waals surface area contributed by atoms with Gasteiger partial charge < -0.3 is 13.9 Å². The van der Waals surface area contributed by atoms with Crippen LogP contribution in [0.3, 0.4) is 0 Å². The second-order valence-electron chi connectivity index (χ2n) is 5.76. The van der Waals surface area contributed by atoms with Gasteiger partial charge in [-0.25, -0.2) is 0 Å². The van der Waals surface area contributed by atoms with E-state index in [9.17, 15) is 4.79 Å². The van der Waals surface area contributed by atoms with E-state index in [1.165, 1.54) is 11.8 Å². The number of benzene rings is 1. The molecule has 6 nitrogen and oxygen atoms in total. The van der Waals surface area contributed by atoms with E-state index < -0.39 is 0 Å². The first-order chi connectivity index (χ1) is 12.7. The van der Waals surface area contributed by atoms with Crippen molar-refractivity contribution in [1.29, 1.82) is 0 Å². The average Bonchev–Trinajstić information content (AvgIpc) is 3.31.